The Bertz CT molecular complexity index is 1570. The molecule has 4 aromatic rings. The topological polar surface area (TPSA) is 158 Å². The third-order valence-corrected chi connectivity index (χ3v) is 6.88. The number of carbonyl (C=O) groups is 2. The van der Waals surface area contributed by atoms with E-state index in [9.17, 15) is 9.59 Å². The summed E-state index contributed by atoms with van der Waals surface area (Å²) in [5.74, 6) is 1.23. The van der Waals surface area contributed by atoms with Gasteiger partial charge in [0.15, 0.2) is 0 Å². The van der Waals surface area contributed by atoms with Crippen LogP contribution in [0.3, 0.4) is 0 Å². The zero-order chi connectivity index (χ0) is 28.2. The van der Waals surface area contributed by atoms with Gasteiger partial charge in [-0.2, -0.15) is 4.98 Å². The van der Waals surface area contributed by atoms with Crippen LogP contribution in [-0.4, -0.2) is 37.6 Å². The number of nitrogens with one attached hydrogen (secondary N) is 2. The summed E-state index contributed by atoms with van der Waals surface area (Å²) in [4.78, 5) is 35.8. The Kier molecular flexibility index (Phi) is 7.72. The van der Waals surface area contributed by atoms with Gasteiger partial charge in [-0.25, -0.2) is 9.97 Å². The van der Waals surface area contributed by atoms with Gasteiger partial charge < -0.3 is 24.9 Å². The Morgan fingerprint density at radius 3 is 2.62 bits per heavy atom. The summed E-state index contributed by atoms with van der Waals surface area (Å²) < 4.78 is 12.4. The van der Waals surface area contributed by atoms with E-state index in [1.165, 1.54) is 18.4 Å². The van der Waals surface area contributed by atoms with E-state index >= 15 is 0 Å². The summed E-state index contributed by atoms with van der Waals surface area (Å²) in [6, 6.07) is 9.61. The molecule has 3 aromatic heterocycles. The number of nitrogen functional groups attached to an aromatic ring is 1. The monoisotopic (exact) mass is 541 g/mol. The SMILES string of the molecule is Cc1cc(C(=N)N)cc(C)c1CNc1cc(OCc2cn3cc(C4CC4)ccc3n2)nc(CCC(=O)OC=O)n1. The normalized spacial score (nSPS) is 12.8. The van der Waals surface area contributed by atoms with Gasteiger partial charge in [0.25, 0.3) is 0 Å². The highest BCUT2D eigenvalue weighted by Crippen LogP contribution is 2.39. The molecule has 0 amide bonds. The van der Waals surface area contributed by atoms with Crippen LogP contribution in [0.4, 0.5) is 5.82 Å². The van der Waals surface area contributed by atoms with Crippen LogP contribution in [0.15, 0.2) is 42.7 Å². The van der Waals surface area contributed by atoms with Crippen molar-refractivity contribution in [3.63, 3.8) is 0 Å². The third-order valence-electron chi connectivity index (χ3n) is 6.88. The smallest absolute Gasteiger partial charge is 0.313 e. The molecule has 4 N–H and O–H groups in total. The standard InChI is InChI=1S/C29H31N7O4/c1-17-9-21(29(30)31)10-18(2)23(17)12-32-25-11-27(35-24(34-25)6-8-28(38)40-16-37)39-15-22-14-36-13-20(19-3-4-19)5-7-26(36)33-22/h5,7,9-11,13-14,16,19H,3-4,6,8,12,15H2,1-2H3,(H3,30,31)(H,32,34,35). The molecule has 206 valence electrons. The van der Waals surface area contributed by atoms with Crippen LogP contribution in [-0.2, 0) is 33.9 Å². The van der Waals surface area contributed by atoms with Crippen molar-refractivity contribution >= 4 is 29.7 Å². The van der Waals surface area contributed by atoms with Crippen molar-refractivity contribution in [2.24, 2.45) is 5.73 Å². The van der Waals surface area contributed by atoms with Crippen molar-refractivity contribution in [2.75, 3.05) is 5.32 Å². The van der Waals surface area contributed by atoms with Gasteiger partial charge >= 0.3 is 12.4 Å². The Hall–Kier alpha value is -4.80. The van der Waals surface area contributed by atoms with Crippen molar-refractivity contribution in [1.29, 1.82) is 5.41 Å². The van der Waals surface area contributed by atoms with Gasteiger partial charge in [0.1, 0.15) is 29.7 Å². The van der Waals surface area contributed by atoms with E-state index in [1.54, 1.807) is 6.07 Å². The van der Waals surface area contributed by atoms with Crippen LogP contribution >= 0.6 is 0 Å². The van der Waals surface area contributed by atoms with Gasteiger partial charge in [-0.15, -0.1) is 0 Å². The maximum atomic E-state index is 11.7. The average Bonchev–Trinajstić information content (AvgIpc) is 3.69. The van der Waals surface area contributed by atoms with Gasteiger partial charge in [0.05, 0.1) is 12.1 Å². The van der Waals surface area contributed by atoms with Crippen molar-refractivity contribution in [3.8, 4) is 5.88 Å². The van der Waals surface area contributed by atoms with Gasteiger partial charge in [0.2, 0.25) is 5.88 Å². The van der Waals surface area contributed by atoms with Crippen LogP contribution in [0.5, 0.6) is 5.88 Å². The number of carbonyl (C=O) groups excluding carboxylic acids is 2. The van der Waals surface area contributed by atoms with E-state index < -0.39 is 5.97 Å². The van der Waals surface area contributed by atoms with E-state index in [1.807, 2.05) is 42.6 Å². The van der Waals surface area contributed by atoms with E-state index in [2.05, 4.69) is 37.3 Å². The van der Waals surface area contributed by atoms with E-state index in [-0.39, 0.29) is 31.8 Å². The minimum Gasteiger partial charge on any atom is -0.471 e. The predicted molar refractivity (Wildman–Crippen MR) is 148 cm³/mol. The predicted octanol–water partition coefficient (Wildman–Crippen LogP) is 3.73. The molecule has 1 fully saturated rings. The number of fused-ring (bicyclic) bond motifs is 1. The Morgan fingerprint density at radius 1 is 1.15 bits per heavy atom. The van der Waals surface area contributed by atoms with Crippen LogP contribution in [0.2, 0.25) is 0 Å². The minimum atomic E-state index is -0.661. The molecule has 40 heavy (non-hydrogen) atoms. The highest BCUT2D eigenvalue weighted by Gasteiger charge is 2.23. The number of anilines is 1. The molecule has 1 aliphatic rings. The number of esters is 1. The molecule has 0 unspecified atom stereocenters. The maximum Gasteiger partial charge on any atom is 0.313 e. The summed E-state index contributed by atoms with van der Waals surface area (Å²) in [7, 11) is 0. The summed E-state index contributed by atoms with van der Waals surface area (Å²) in [5, 5.41) is 11.0. The molecule has 11 nitrogen and oxygen atoms in total. The molecule has 0 aliphatic heterocycles. The molecule has 1 saturated carbocycles. The summed E-state index contributed by atoms with van der Waals surface area (Å²) >= 11 is 0. The second-order valence-corrected chi connectivity index (χ2v) is 9.97. The zero-order valence-corrected chi connectivity index (χ0v) is 22.4. The fraction of sp³-hybridized carbons (Fsp3) is 0.310. The molecule has 0 atom stereocenters. The highest BCUT2D eigenvalue weighted by molar-refractivity contribution is 5.95. The number of hydrogen-bond donors (Lipinski definition) is 3. The van der Waals surface area contributed by atoms with Gasteiger partial charge in [-0.05, 0) is 73.1 Å². The lowest BCUT2D eigenvalue weighted by Gasteiger charge is -2.15. The molecule has 0 radical (unpaired) electrons. The Labute approximate surface area is 231 Å². The first-order valence-electron chi connectivity index (χ1n) is 13.1. The average molecular weight is 542 g/mol. The van der Waals surface area contributed by atoms with Crippen molar-refractivity contribution in [2.45, 2.75) is 58.6 Å². The lowest BCUT2D eigenvalue weighted by atomic mass is 9.99. The van der Waals surface area contributed by atoms with Crippen LogP contribution in [0.25, 0.3) is 5.65 Å². The fourth-order valence-electron chi connectivity index (χ4n) is 4.62. The van der Waals surface area contributed by atoms with E-state index in [0.717, 1.165) is 28.0 Å². The number of hydrogen-bond acceptors (Lipinski definition) is 9. The maximum absolute atomic E-state index is 11.7. The second-order valence-electron chi connectivity index (χ2n) is 9.97. The van der Waals surface area contributed by atoms with Crippen molar-refractivity contribution in [1.82, 2.24) is 19.4 Å². The van der Waals surface area contributed by atoms with Crippen molar-refractivity contribution in [3.05, 3.63) is 82.1 Å². The number of nitrogens with two attached hydrogens (primary N) is 1. The summed E-state index contributed by atoms with van der Waals surface area (Å²) in [6.45, 7) is 4.72. The number of imidazole rings is 1. The molecule has 11 heteroatoms. The zero-order valence-electron chi connectivity index (χ0n) is 22.4. The molecular weight excluding hydrogens is 510 g/mol. The number of benzene rings is 1. The van der Waals surface area contributed by atoms with Gasteiger partial charge in [-0.3, -0.25) is 15.0 Å². The Balaban J connectivity index is 1.33. The number of pyridine rings is 1. The lowest BCUT2D eigenvalue weighted by Crippen LogP contribution is -2.14. The van der Waals surface area contributed by atoms with Crippen LogP contribution < -0.4 is 15.8 Å². The molecule has 0 bridgehead atoms. The summed E-state index contributed by atoms with van der Waals surface area (Å²) in [5.41, 5.74) is 12.3. The number of aromatic nitrogens is 4. The second kappa shape index (κ2) is 11.5. The van der Waals surface area contributed by atoms with E-state index in [4.69, 9.17) is 15.9 Å². The molecule has 0 saturated heterocycles. The highest BCUT2D eigenvalue weighted by atomic mass is 16.6. The number of aryl methyl sites for hydroxylation is 3. The molecule has 1 aromatic carbocycles. The first kappa shape index (κ1) is 26.8. The number of amidine groups is 1. The minimum absolute atomic E-state index is 0.0232. The van der Waals surface area contributed by atoms with Crippen LogP contribution in [0.1, 0.15) is 64.5 Å². The summed E-state index contributed by atoms with van der Waals surface area (Å²) in [6.07, 6.45) is 6.66. The molecule has 3 heterocycles. The first-order chi connectivity index (χ1) is 19.3. The number of ether oxygens (including phenoxy) is 2. The number of nitrogens with zero attached hydrogens (tertiary/aromatic N) is 4. The number of rotatable bonds is 12. The van der Waals surface area contributed by atoms with Crippen molar-refractivity contribution < 1.29 is 19.1 Å². The molecule has 1 aliphatic carbocycles. The molecular formula is C29H31N7O4. The first-order valence-corrected chi connectivity index (χ1v) is 13.1. The van der Waals surface area contributed by atoms with Gasteiger partial charge in [-0.1, -0.05) is 6.07 Å². The Morgan fingerprint density at radius 2 is 1.93 bits per heavy atom. The third kappa shape index (κ3) is 6.42. The molecule has 0 spiro atoms. The molecule has 5 rings (SSSR count). The van der Waals surface area contributed by atoms with Crippen LogP contribution in [0, 0.1) is 19.3 Å². The fourth-order valence-corrected chi connectivity index (χ4v) is 4.62. The quantitative estimate of drug-likeness (QED) is 0.0799. The lowest BCUT2D eigenvalue weighted by molar-refractivity contribution is -0.151. The van der Waals surface area contributed by atoms with E-state index in [0.29, 0.717) is 35.5 Å². The largest absolute Gasteiger partial charge is 0.471 e. The van der Waals surface area contributed by atoms with Gasteiger partial charge in [0, 0.05) is 37.0 Å².